The van der Waals surface area contributed by atoms with Crippen molar-refractivity contribution in [2.45, 2.75) is 19.4 Å². The summed E-state index contributed by atoms with van der Waals surface area (Å²) in [5.41, 5.74) is 2.36. The summed E-state index contributed by atoms with van der Waals surface area (Å²) in [6, 6.07) is 13.9. The number of halogens is 1. The summed E-state index contributed by atoms with van der Waals surface area (Å²) in [4.78, 5) is 4.27. The highest BCUT2D eigenvalue weighted by Crippen LogP contribution is 2.30. The Morgan fingerprint density at radius 3 is 2.50 bits per heavy atom. The van der Waals surface area contributed by atoms with Crippen molar-refractivity contribution in [3.63, 3.8) is 0 Å². The summed E-state index contributed by atoms with van der Waals surface area (Å²) in [7, 11) is 1.77. The van der Waals surface area contributed by atoms with Crippen molar-refractivity contribution in [1.29, 1.82) is 0 Å². The normalized spacial score (nSPS) is 13.8. The molecule has 0 spiro atoms. The van der Waals surface area contributed by atoms with Crippen LogP contribution in [0.1, 0.15) is 17.5 Å². The van der Waals surface area contributed by atoms with Gasteiger partial charge in [0, 0.05) is 31.6 Å². The van der Waals surface area contributed by atoms with E-state index in [1.807, 2.05) is 42.5 Å². The van der Waals surface area contributed by atoms with E-state index >= 15 is 0 Å². The predicted molar refractivity (Wildman–Crippen MR) is 105 cm³/mol. The minimum absolute atomic E-state index is 0.664. The Morgan fingerprint density at radius 2 is 1.73 bits per heavy atom. The van der Waals surface area contributed by atoms with E-state index in [9.17, 15) is 0 Å². The average molecular weight is 374 g/mol. The molecule has 0 amide bonds. The van der Waals surface area contributed by atoms with E-state index in [1.54, 1.807) is 7.05 Å². The van der Waals surface area contributed by atoms with Crippen molar-refractivity contribution in [2.75, 3.05) is 26.8 Å². The number of rotatable bonds is 5. The number of nitrogens with one attached hydrogen (secondary N) is 2. The maximum Gasteiger partial charge on any atom is 0.191 e. The molecule has 2 N–H and O–H groups in total. The number of nitrogens with zero attached hydrogens (tertiary/aromatic N) is 1. The lowest BCUT2D eigenvalue weighted by Crippen LogP contribution is -2.37. The number of ether oxygens (including phenoxy) is 2. The molecule has 0 aliphatic carbocycles. The lowest BCUT2D eigenvalue weighted by Gasteiger charge is -2.13. The topological polar surface area (TPSA) is 54.9 Å². The van der Waals surface area contributed by atoms with Crippen LogP contribution in [0.4, 0.5) is 0 Å². The number of benzene rings is 2. The second-order valence-electron chi connectivity index (χ2n) is 6.06. The summed E-state index contributed by atoms with van der Waals surface area (Å²) in [6.07, 6.45) is 1.81. The van der Waals surface area contributed by atoms with E-state index in [-0.39, 0.29) is 0 Å². The lowest BCUT2D eigenvalue weighted by atomic mass is 10.1. The molecule has 5 nitrogen and oxygen atoms in total. The maximum absolute atomic E-state index is 5.91. The molecule has 0 saturated carbocycles. The Bertz CT molecular complexity index is 747. The highest BCUT2D eigenvalue weighted by Gasteiger charge is 2.10. The molecule has 0 unspecified atom stereocenters. The number of hydrogen-bond donors (Lipinski definition) is 2. The van der Waals surface area contributed by atoms with Gasteiger partial charge >= 0.3 is 0 Å². The van der Waals surface area contributed by atoms with Gasteiger partial charge in [0.15, 0.2) is 17.5 Å². The van der Waals surface area contributed by atoms with Gasteiger partial charge in [-0.05, 0) is 41.8 Å². The van der Waals surface area contributed by atoms with Crippen molar-refractivity contribution in [2.24, 2.45) is 4.99 Å². The van der Waals surface area contributed by atoms with Crippen LogP contribution in [0.25, 0.3) is 0 Å². The molecular weight excluding hydrogens is 350 g/mol. The molecule has 0 fully saturated rings. The van der Waals surface area contributed by atoms with Gasteiger partial charge in [-0.3, -0.25) is 4.99 Å². The third kappa shape index (κ3) is 5.30. The first-order valence-electron chi connectivity index (χ1n) is 8.82. The summed E-state index contributed by atoms with van der Waals surface area (Å²) >= 11 is 5.91. The zero-order chi connectivity index (χ0) is 18.2. The molecule has 0 aromatic heterocycles. The molecule has 0 radical (unpaired) electrons. The molecule has 2 aromatic rings. The standard InChI is InChI=1S/C20H24ClN3O2/c1-22-20(23-10-9-15-3-6-17(21)7-4-15)24-14-16-5-8-18-19(13-16)26-12-2-11-25-18/h3-8,13H,2,9-12,14H2,1H3,(H2,22,23,24). The van der Waals surface area contributed by atoms with E-state index < -0.39 is 0 Å². The molecule has 1 aliphatic rings. The fourth-order valence-corrected chi connectivity index (χ4v) is 2.83. The van der Waals surface area contributed by atoms with Crippen LogP contribution in [0, 0.1) is 0 Å². The number of guanidine groups is 1. The van der Waals surface area contributed by atoms with Crippen molar-refractivity contribution in [3.05, 3.63) is 58.6 Å². The highest BCUT2D eigenvalue weighted by atomic mass is 35.5. The zero-order valence-corrected chi connectivity index (χ0v) is 15.7. The summed E-state index contributed by atoms with van der Waals surface area (Å²) < 4.78 is 11.4. The van der Waals surface area contributed by atoms with E-state index in [4.69, 9.17) is 21.1 Å². The van der Waals surface area contributed by atoms with Crippen LogP contribution in [0.15, 0.2) is 47.5 Å². The molecular formula is C20H24ClN3O2. The Kier molecular flexibility index (Phi) is 6.61. The summed E-state index contributed by atoms with van der Waals surface area (Å²) in [5.74, 6) is 2.40. The first-order valence-corrected chi connectivity index (χ1v) is 9.20. The first kappa shape index (κ1) is 18.4. The van der Waals surface area contributed by atoms with Crippen LogP contribution in [0.3, 0.4) is 0 Å². The van der Waals surface area contributed by atoms with Gasteiger partial charge in [-0.2, -0.15) is 0 Å². The van der Waals surface area contributed by atoms with Gasteiger partial charge in [-0.15, -0.1) is 0 Å². The van der Waals surface area contributed by atoms with Crippen LogP contribution in [0.2, 0.25) is 5.02 Å². The van der Waals surface area contributed by atoms with Crippen LogP contribution >= 0.6 is 11.6 Å². The molecule has 6 heteroatoms. The van der Waals surface area contributed by atoms with Crippen molar-refractivity contribution >= 4 is 17.6 Å². The quantitative estimate of drug-likeness (QED) is 0.623. The van der Waals surface area contributed by atoms with Crippen molar-refractivity contribution in [3.8, 4) is 11.5 Å². The minimum Gasteiger partial charge on any atom is -0.490 e. The van der Waals surface area contributed by atoms with Crippen LogP contribution in [0.5, 0.6) is 11.5 Å². The molecule has 3 rings (SSSR count). The number of fused-ring (bicyclic) bond motifs is 1. The minimum atomic E-state index is 0.664. The number of aliphatic imine (C=N–C) groups is 1. The fraction of sp³-hybridized carbons (Fsp3) is 0.350. The van der Waals surface area contributed by atoms with E-state index in [2.05, 4.69) is 15.6 Å². The zero-order valence-electron chi connectivity index (χ0n) is 14.9. The first-order chi connectivity index (χ1) is 12.7. The predicted octanol–water partition coefficient (Wildman–Crippen LogP) is 3.41. The Morgan fingerprint density at radius 1 is 1.00 bits per heavy atom. The third-order valence-electron chi connectivity index (χ3n) is 4.11. The maximum atomic E-state index is 5.91. The molecule has 0 atom stereocenters. The smallest absolute Gasteiger partial charge is 0.191 e. The molecule has 2 aromatic carbocycles. The van der Waals surface area contributed by atoms with Crippen molar-refractivity contribution in [1.82, 2.24) is 10.6 Å². The van der Waals surface area contributed by atoms with Gasteiger partial charge < -0.3 is 20.1 Å². The van der Waals surface area contributed by atoms with E-state index in [0.29, 0.717) is 19.8 Å². The van der Waals surface area contributed by atoms with Gasteiger partial charge in [-0.1, -0.05) is 29.8 Å². The van der Waals surface area contributed by atoms with Crippen LogP contribution in [-0.4, -0.2) is 32.8 Å². The SMILES string of the molecule is CN=C(NCCc1ccc(Cl)cc1)NCc1ccc2c(c1)OCCCO2. The van der Waals surface area contributed by atoms with Gasteiger partial charge in [0.2, 0.25) is 0 Å². The largest absolute Gasteiger partial charge is 0.490 e. The van der Waals surface area contributed by atoms with Gasteiger partial charge in [-0.25, -0.2) is 0 Å². The van der Waals surface area contributed by atoms with Crippen LogP contribution in [-0.2, 0) is 13.0 Å². The molecule has 1 heterocycles. The molecule has 138 valence electrons. The second kappa shape index (κ2) is 9.34. The molecule has 1 aliphatic heterocycles. The lowest BCUT2D eigenvalue weighted by molar-refractivity contribution is 0.297. The second-order valence-corrected chi connectivity index (χ2v) is 6.50. The molecule has 0 bridgehead atoms. The van der Waals surface area contributed by atoms with Crippen molar-refractivity contribution < 1.29 is 9.47 Å². The summed E-state index contributed by atoms with van der Waals surface area (Å²) in [5, 5.41) is 7.41. The van der Waals surface area contributed by atoms with E-state index in [1.165, 1.54) is 5.56 Å². The number of hydrogen-bond acceptors (Lipinski definition) is 3. The highest BCUT2D eigenvalue weighted by molar-refractivity contribution is 6.30. The molecule has 26 heavy (non-hydrogen) atoms. The van der Waals surface area contributed by atoms with Gasteiger partial charge in [0.1, 0.15) is 0 Å². The van der Waals surface area contributed by atoms with E-state index in [0.717, 1.165) is 47.4 Å². The Labute approximate surface area is 159 Å². The fourth-order valence-electron chi connectivity index (χ4n) is 2.70. The summed E-state index contributed by atoms with van der Waals surface area (Å²) in [6.45, 7) is 2.85. The Balaban J connectivity index is 1.48. The third-order valence-corrected chi connectivity index (χ3v) is 4.37. The van der Waals surface area contributed by atoms with Gasteiger partial charge in [0.25, 0.3) is 0 Å². The Hall–Kier alpha value is -2.40. The monoisotopic (exact) mass is 373 g/mol. The van der Waals surface area contributed by atoms with Gasteiger partial charge in [0.05, 0.1) is 13.2 Å². The van der Waals surface area contributed by atoms with Crippen LogP contribution < -0.4 is 20.1 Å². The average Bonchev–Trinajstić information content (AvgIpc) is 2.91. The molecule has 0 saturated heterocycles.